The number of guanidine groups is 1. The van der Waals surface area contributed by atoms with E-state index in [1.165, 1.54) is 5.56 Å². The molecule has 1 unspecified atom stereocenters. The molecule has 0 aliphatic carbocycles. The minimum atomic E-state index is -0.283. The second-order valence-electron chi connectivity index (χ2n) is 7.46. The van der Waals surface area contributed by atoms with Crippen LogP contribution in [0.4, 0.5) is 0 Å². The number of nitrogens with zero attached hydrogens (tertiary/aromatic N) is 1. The predicted molar refractivity (Wildman–Crippen MR) is 98.7 cm³/mol. The zero-order chi connectivity index (χ0) is 17.8. The van der Waals surface area contributed by atoms with Gasteiger partial charge in [0.15, 0.2) is 5.96 Å². The monoisotopic (exact) mass is 333 g/mol. The van der Waals surface area contributed by atoms with E-state index in [9.17, 15) is 0 Å². The fourth-order valence-electron chi connectivity index (χ4n) is 2.75. The smallest absolute Gasteiger partial charge is 0.191 e. The molecule has 1 aliphatic rings. The van der Waals surface area contributed by atoms with Gasteiger partial charge in [-0.05, 0) is 40.7 Å². The molecule has 5 nitrogen and oxygen atoms in total. The second-order valence-corrected chi connectivity index (χ2v) is 7.46. The second kappa shape index (κ2) is 7.43. The van der Waals surface area contributed by atoms with Crippen LogP contribution < -0.4 is 15.4 Å². The van der Waals surface area contributed by atoms with Crippen LogP contribution in [0.1, 0.15) is 52.6 Å². The van der Waals surface area contributed by atoms with Gasteiger partial charge < -0.3 is 20.1 Å². The first kappa shape index (κ1) is 18.6. The molecule has 0 spiro atoms. The largest absolute Gasteiger partial charge is 0.487 e. The Balaban J connectivity index is 2.21. The van der Waals surface area contributed by atoms with E-state index in [2.05, 4.69) is 37.5 Å². The van der Waals surface area contributed by atoms with Gasteiger partial charge in [-0.3, -0.25) is 4.99 Å². The average molecular weight is 333 g/mol. The molecule has 0 bridgehead atoms. The van der Waals surface area contributed by atoms with Crippen molar-refractivity contribution in [1.82, 2.24) is 10.6 Å². The Kier molecular flexibility index (Phi) is 5.75. The van der Waals surface area contributed by atoms with Gasteiger partial charge in [0.2, 0.25) is 0 Å². The molecule has 1 heterocycles. The molecule has 24 heavy (non-hydrogen) atoms. The highest BCUT2D eigenvalue weighted by Gasteiger charge is 2.34. The number of methoxy groups -OCH3 is 1. The number of nitrogens with one attached hydrogen (secondary N) is 2. The van der Waals surface area contributed by atoms with Crippen molar-refractivity contribution in [2.75, 3.05) is 20.2 Å². The average Bonchev–Trinajstić information content (AvgIpc) is 2.52. The van der Waals surface area contributed by atoms with Gasteiger partial charge in [0, 0.05) is 25.6 Å². The third-order valence-corrected chi connectivity index (χ3v) is 4.20. The number of fused-ring (bicyclic) bond motifs is 1. The Labute approximate surface area is 145 Å². The van der Waals surface area contributed by atoms with Gasteiger partial charge in [-0.15, -0.1) is 0 Å². The van der Waals surface area contributed by atoms with Crippen LogP contribution in [0, 0.1) is 0 Å². The fourth-order valence-corrected chi connectivity index (χ4v) is 2.75. The maximum Gasteiger partial charge on any atom is 0.191 e. The van der Waals surface area contributed by atoms with Crippen LogP contribution in [0.25, 0.3) is 0 Å². The normalized spacial score (nSPS) is 20.1. The van der Waals surface area contributed by atoms with Crippen molar-refractivity contribution in [1.29, 1.82) is 0 Å². The third-order valence-electron chi connectivity index (χ3n) is 4.20. The molecule has 0 saturated carbocycles. The summed E-state index contributed by atoms with van der Waals surface area (Å²) >= 11 is 0. The minimum absolute atomic E-state index is 0.161. The molecule has 0 saturated heterocycles. The van der Waals surface area contributed by atoms with Crippen molar-refractivity contribution in [2.24, 2.45) is 4.99 Å². The fraction of sp³-hybridized carbons (Fsp3) is 0.632. The Bertz CT molecular complexity index is 582. The Hall–Kier alpha value is -1.75. The quantitative estimate of drug-likeness (QED) is 0.641. The lowest BCUT2D eigenvalue weighted by atomic mass is 9.90. The maximum atomic E-state index is 6.10. The molecule has 134 valence electrons. The lowest BCUT2D eigenvalue weighted by Gasteiger charge is -2.38. The summed E-state index contributed by atoms with van der Waals surface area (Å²) in [4.78, 5) is 4.70. The van der Waals surface area contributed by atoms with Crippen molar-refractivity contribution in [2.45, 2.75) is 58.3 Å². The van der Waals surface area contributed by atoms with Gasteiger partial charge in [0.25, 0.3) is 0 Å². The molecule has 5 heteroatoms. The summed E-state index contributed by atoms with van der Waals surface area (Å²) in [5, 5.41) is 6.90. The van der Waals surface area contributed by atoms with Crippen molar-refractivity contribution >= 4 is 5.96 Å². The van der Waals surface area contributed by atoms with Crippen molar-refractivity contribution in [3.63, 3.8) is 0 Å². The summed E-state index contributed by atoms with van der Waals surface area (Å²) in [6.07, 6.45) is 0.877. The third kappa shape index (κ3) is 4.87. The first-order valence-electron chi connectivity index (χ1n) is 8.64. The SMILES string of the molecule is CCNC(=NCC(C)(C)OC)NC1CC(C)(C)Oc2ccccc21. The summed E-state index contributed by atoms with van der Waals surface area (Å²) in [6, 6.07) is 8.37. The molecule has 0 aromatic heterocycles. The van der Waals surface area contributed by atoms with E-state index in [0.717, 1.165) is 24.7 Å². The first-order chi connectivity index (χ1) is 11.3. The number of aliphatic imine (C=N–C) groups is 1. The molecule has 1 aliphatic heterocycles. The van der Waals surface area contributed by atoms with E-state index in [4.69, 9.17) is 14.5 Å². The van der Waals surface area contributed by atoms with Crippen LogP contribution in [0.5, 0.6) is 5.75 Å². The molecular weight excluding hydrogens is 302 g/mol. The number of hydrogen-bond acceptors (Lipinski definition) is 3. The summed E-state index contributed by atoms with van der Waals surface area (Å²) in [6.45, 7) is 11.8. The van der Waals surface area contributed by atoms with Crippen LogP contribution in [0.2, 0.25) is 0 Å². The molecular formula is C19H31N3O2. The van der Waals surface area contributed by atoms with Crippen LogP contribution in [-0.4, -0.2) is 37.4 Å². The van der Waals surface area contributed by atoms with E-state index in [-0.39, 0.29) is 17.2 Å². The van der Waals surface area contributed by atoms with Gasteiger partial charge >= 0.3 is 0 Å². The summed E-state index contributed by atoms with van der Waals surface area (Å²) < 4.78 is 11.6. The number of rotatable bonds is 5. The van der Waals surface area contributed by atoms with E-state index in [1.807, 2.05) is 32.0 Å². The highest BCUT2D eigenvalue weighted by atomic mass is 16.5. The van der Waals surface area contributed by atoms with Gasteiger partial charge in [-0.2, -0.15) is 0 Å². The number of para-hydroxylation sites is 1. The predicted octanol–water partition coefficient (Wildman–Crippen LogP) is 3.27. The lowest BCUT2D eigenvalue weighted by molar-refractivity contribution is 0.0309. The standard InChI is InChI=1S/C19H31N3O2/c1-7-20-17(21-13-19(4,5)23-6)22-15-12-18(2,3)24-16-11-9-8-10-14(15)16/h8-11,15H,7,12-13H2,1-6H3,(H2,20,21,22). The number of hydrogen-bond donors (Lipinski definition) is 2. The van der Waals surface area contributed by atoms with Crippen molar-refractivity contribution < 1.29 is 9.47 Å². The van der Waals surface area contributed by atoms with Gasteiger partial charge in [0.1, 0.15) is 11.4 Å². The molecule has 1 aromatic carbocycles. The molecule has 1 atom stereocenters. The summed E-state index contributed by atoms with van der Waals surface area (Å²) in [5.74, 6) is 1.75. The molecule has 2 rings (SSSR count). The zero-order valence-corrected chi connectivity index (χ0v) is 15.8. The summed E-state index contributed by atoms with van der Waals surface area (Å²) in [5.41, 5.74) is 0.679. The van der Waals surface area contributed by atoms with Crippen molar-refractivity contribution in [3.05, 3.63) is 29.8 Å². The Morgan fingerprint density at radius 3 is 2.75 bits per heavy atom. The lowest BCUT2D eigenvalue weighted by Crippen LogP contribution is -2.46. The number of ether oxygens (including phenoxy) is 2. The number of benzene rings is 1. The molecule has 2 N–H and O–H groups in total. The molecule has 0 fully saturated rings. The van der Waals surface area contributed by atoms with Crippen LogP contribution >= 0.6 is 0 Å². The molecule has 0 amide bonds. The van der Waals surface area contributed by atoms with Gasteiger partial charge in [-0.25, -0.2) is 0 Å². The first-order valence-corrected chi connectivity index (χ1v) is 8.64. The van der Waals surface area contributed by atoms with Gasteiger partial charge in [-0.1, -0.05) is 18.2 Å². The highest BCUT2D eigenvalue weighted by Crippen LogP contribution is 2.39. The maximum absolute atomic E-state index is 6.10. The Morgan fingerprint density at radius 1 is 1.38 bits per heavy atom. The molecule has 0 radical (unpaired) electrons. The van der Waals surface area contributed by atoms with E-state index < -0.39 is 0 Å². The molecule has 1 aromatic rings. The van der Waals surface area contributed by atoms with Crippen LogP contribution in [0.15, 0.2) is 29.3 Å². The Morgan fingerprint density at radius 2 is 2.08 bits per heavy atom. The zero-order valence-electron chi connectivity index (χ0n) is 15.8. The van der Waals surface area contributed by atoms with Crippen LogP contribution in [0.3, 0.4) is 0 Å². The van der Waals surface area contributed by atoms with Crippen molar-refractivity contribution in [3.8, 4) is 5.75 Å². The summed E-state index contributed by atoms with van der Waals surface area (Å²) in [7, 11) is 1.72. The van der Waals surface area contributed by atoms with E-state index in [0.29, 0.717) is 6.54 Å². The van der Waals surface area contributed by atoms with Crippen LogP contribution in [-0.2, 0) is 4.74 Å². The highest BCUT2D eigenvalue weighted by molar-refractivity contribution is 5.80. The van der Waals surface area contributed by atoms with Gasteiger partial charge in [0.05, 0.1) is 18.2 Å². The minimum Gasteiger partial charge on any atom is -0.487 e. The van der Waals surface area contributed by atoms with E-state index >= 15 is 0 Å². The topological polar surface area (TPSA) is 54.9 Å². The van der Waals surface area contributed by atoms with E-state index in [1.54, 1.807) is 7.11 Å².